The number of hydrogen-bond donors (Lipinski definition) is 1. The Kier molecular flexibility index (Phi) is 5.35. The highest BCUT2D eigenvalue weighted by Gasteiger charge is 2.19. The molecule has 0 saturated heterocycles. The van der Waals surface area contributed by atoms with Gasteiger partial charge in [-0.1, -0.05) is 42.5 Å². The normalized spacial score (nSPS) is 11.9. The summed E-state index contributed by atoms with van der Waals surface area (Å²) in [5.41, 5.74) is 1.82. The molecule has 21 heavy (non-hydrogen) atoms. The first-order chi connectivity index (χ1) is 10.2. The van der Waals surface area contributed by atoms with Crippen molar-refractivity contribution in [2.75, 3.05) is 7.11 Å². The fraction of sp³-hybridized carbons (Fsp3) is 0.235. The summed E-state index contributed by atoms with van der Waals surface area (Å²) in [4.78, 5) is 11.3. The highest BCUT2D eigenvalue weighted by atomic mass is 16.5. The second kappa shape index (κ2) is 7.45. The Morgan fingerprint density at radius 1 is 1.10 bits per heavy atom. The van der Waals surface area contributed by atoms with Gasteiger partial charge in [0.05, 0.1) is 13.7 Å². The van der Waals surface area contributed by atoms with E-state index in [0.717, 1.165) is 11.1 Å². The molecule has 0 heterocycles. The number of carbonyl (C=O) groups is 1. The summed E-state index contributed by atoms with van der Waals surface area (Å²) in [6.45, 7) is 0.280. The Balaban J connectivity index is 2.00. The monoisotopic (exact) mass is 286 g/mol. The Labute approximate surface area is 123 Å². The molecule has 1 N–H and O–H groups in total. The Bertz CT molecular complexity index is 580. The quantitative estimate of drug-likeness (QED) is 0.850. The highest BCUT2D eigenvalue weighted by Crippen LogP contribution is 2.16. The summed E-state index contributed by atoms with van der Waals surface area (Å²) in [6.07, 6.45) is -0.573. The molecule has 0 aromatic heterocycles. The summed E-state index contributed by atoms with van der Waals surface area (Å²) in [5.74, 6) is -0.256. The molecule has 0 aliphatic heterocycles. The molecular formula is C17H18O4. The van der Waals surface area contributed by atoms with Gasteiger partial charge in [0.15, 0.2) is 6.10 Å². The van der Waals surface area contributed by atoms with Crippen LogP contribution in [0.3, 0.4) is 0 Å². The van der Waals surface area contributed by atoms with E-state index in [-0.39, 0.29) is 6.61 Å². The first-order valence-electron chi connectivity index (χ1n) is 6.70. The second-order valence-electron chi connectivity index (χ2n) is 4.68. The number of aliphatic carboxylic acids is 1. The first kappa shape index (κ1) is 15.1. The van der Waals surface area contributed by atoms with E-state index in [9.17, 15) is 9.90 Å². The molecule has 2 aromatic carbocycles. The lowest BCUT2D eigenvalue weighted by atomic mass is 10.1. The number of carboxylic acid groups (broad SMARTS) is 1. The van der Waals surface area contributed by atoms with Gasteiger partial charge in [0.25, 0.3) is 0 Å². The van der Waals surface area contributed by atoms with Gasteiger partial charge in [0.1, 0.15) is 5.75 Å². The molecule has 0 fully saturated rings. The van der Waals surface area contributed by atoms with Gasteiger partial charge in [-0.25, -0.2) is 4.79 Å². The summed E-state index contributed by atoms with van der Waals surface area (Å²) in [5, 5.41) is 9.28. The molecule has 2 aromatic rings. The molecule has 0 aliphatic carbocycles. The summed E-state index contributed by atoms with van der Waals surface area (Å²) < 4.78 is 10.7. The lowest BCUT2D eigenvalue weighted by molar-refractivity contribution is -0.151. The average molecular weight is 286 g/mol. The van der Waals surface area contributed by atoms with Crippen LogP contribution in [0.4, 0.5) is 0 Å². The fourth-order valence-corrected chi connectivity index (χ4v) is 2.00. The van der Waals surface area contributed by atoms with E-state index in [1.165, 1.54) is 0 Å². The van der Waals surface area contributed by atoms with Gasteiger partial charge in [-0.3, -0.25) is 0 Å². The van der Waals surface area contributed by atoms with Crippen molar-refractivity contribution < 1.29 is 19.4 Å². The molecule has 0 amide bonds. The van der Waals surface area contributed by atoms with Crippen LogP contribution in [0.2, 0.25) is 0 Å². The molecule has 1 atom stereocenters. The third kappa shape index (κ3) is 4.61. The lowest BCUT2D eigenvalue weighted by Crippen LogP contribution is -2.26. The maximum Gasteiger partial charge on any atom is 0.333 e. The number of methoxy groups -OCH3 is 1. The maximum atomic E-state index is 11.3. The van der Waals surface area contributed by atoms with Crippen molar-refractivity contribution in [1.82, 2.24) is 0 Å². The highest BCUT2D eigenvalue weighted by molar-refractivity contribution is 5.72. The van der Waals surface area contributed by atoms with E-state index < -0.39 is 12.1 Å². The SMILES string of the molecule is COc1cccc(CC(OCc2ccccc2)C(=O)O)c1. The van der Waals surface area contributed by atoms with E-state index in [0.29, 0.717) is 12.2 Å². The average Bonchev–Trinajstić information content (AvgIpc) is 2.52. The van der Waals surface area contributed by atoms with Gasteiger partial charge in [-0.05, 0) is 23.3 Å². The largest absolute Gasteiger partial charge is 0.497 e. The van der Waals surface area contributed by atoms with Crippen LogP contribution in [0.25, 0.3) is 0 Å². The van der Waals surface area contributed by atoms with E-state index in [2.05, 4.69) is 0 Å². The van der Waals surface area contributed by atoms with Gasteiger partial charge in [-0.15, -0.1) is 0 Å². The topological polar surface area (TPSA) is 55.8 Å². The van der Waals surface area contributed by atoms with Crippen LogP contribution in [0.5, 0.6) is 5.75 Å². The molecule has 110 valence electrons. The molecule has 0 aliphatic rings. The third-order valence-electron chi connectivity index (χ3n) is 3.12. The third-order valence-corrected chi connectivity index (χ3v) is 3.12. The standard InChI is InChI=1S/C17H18O4/c1-20-15-9-5-8-14(10-15)11-16(17(18)19)21-12-13-6-3-2-4-7-13/h2-10,16H,11-12H2,1H3,(H,18,19). The van der Waals surface area contributed by atoms with Gasteiger partial charge in [-0.2, -0.15) is 0 Å². The van der Waals surface area contributed by atoms with Crippen molar-refractivity contribution in [3.63, 3.8) is 0 Å². The smallest absolute Gasteiger partial charge is 0.333 e. The van der Waals surface area contributed by atoms with Gasteiger partial charge in [0.2, 0.25) is 0 Å². The predicted molar refractivity (Wildman–Crippen MR) is 79.4 cm³/mol. The van der Waals surface area contributed by atoms with Crippen molar-refractivity contribution in [2.24, 2.45) is 0 Å². The van der Waals surface area contributed by atoms with E-state index in [4.69, 9.17) is 9.47 Å². The van der Waals surface area contributed by atoms with Crippen LogP contribution in [-0.2, 0) is 22.6 Å². The molecular weight excluding hydrogens is 268 g/mol. The fourth-order valence-electron chi connectivity index (χ4n) is 2.00. The molecule has 0 saturated carbocycles. The number of carboxylic acids is 1. The van der Waals surface area contributed by atoms with Crippen molar-refractivity contribution >= 4 is 5.97 Å². The van der Waals surface area contributed by atoms with Crippen molar-refractivity contribution in [3.8, 4) is 5.75 Å². The summed E-state index contributed by atoms with van der Waals surface area (Å²) >= 11 is 0. The molecule has 0 radical (unpaired) electrons. The molecule has 0 spiro atoms. The first-order valence-corrected chi connectivity index (χ1v) is 6.70. The Morgan fingerprint density at radius 3 is 2.48 bits per heavy atom. The minimum absolute atomic E-state index is 0.280. The summed E-state index contributed by atoms with van der Waals surface area (Å²) in [7, 11) is 1.58. The minimum atomic E-state index is -0.964. The van der Waals surface area contributed by atoms with Crippen LogP contribution in [0.1, 0.15) is 11.1 Å². The molecule has 4 heteroatoms. The lowest BCUT2D eigenvalue weighted by Gasteiger charge is -2.14. The number of hydrogen-bond acceptors (Lipinski definition) is 3. The maximum absolute atomic E-state index is 11.3. The van der Waals surface area contributed by atoms with Crippen molar-refractivity contribution in [2.45, 2.75) is 19.1 Å². The molecule has 0 bridgehead atoms. The van der Waals surface area contributed by atoms with Crippen LogP contribution in [-0.4, -0.2) is 24.3 Å². The summed E-state index contributed by atoms with van der Waals surface area (Å²) in [6, 6.07) is 16.9. The predicted octanol–water partition coefficient (Wildman–Crippen LogP) is 2.91. The number of ether oxygens (including phenoxy) is 2. The second-order valence-corrected chi connectivity index (χ2v) is 4.68. The zero-order valence-electron chi connectivity index (χ0n) is 11.9. The van der Waals surface area contributed by atoms with E-state index in [1.807, 2.05) is 54.6 Å². The molecule has 1 unspecified atom stereocenters. The Morgan fingerprint density at radius 2 is 1.81 bits per heavy atom. The zero-order chi connectivity index (χ0) is 15.1. The van der Waals surface area contributed by atoms with Crippen LogP contribution in [0.15, 0.2) is 54.6 Å². The van der Waals surface area contributed by atoms with Gasteiger partial charge in [0, 0.05) is 6.42 Å². The van der Waals surface area contributed by atoms with Crippen LogP contribution in [0, 0.1) is 0 Å². The van der Waals surface area contributed by atoms with Gasteiger partial charge >= 0.3 is 5.97 Å². The zero-order valence-corrected chi connectivity index (χ0v) is 11.9. The number of rotatable bonds is 7. The van der Waals surface area contributed by atoms with Crippen molar-refractivity contribution in [1.29, 1.82) is 0 Å². The number of benzene rings is 2. The molecule has 4 nitrogen and oxygen atoms in total. The van der Waals surface area contributed by atoms with E-state index >= 15 is 0 Å². The van der Waals surface area contributed by atoms with E-state index in [1.54, 1.807) is 7.11 Å². The van der Waals surface area contributed by atoms with Gasteiger partial charge < -0.3 is 14.6 Å². The minimum Gasteiger partial charge on any atom is -0.497 e. The molecule has 2 rings (SSSR count). The van der Waals surface area contributed by atoms with Crippen molar-refractivity contribution in [3.05, 3.63) is 65.7 Å². The van der Waals surface area contributed by atoms with Crippen LogP contribution < -0.4 is 4.74 Å². The Hall–Kier alpha value is -2.33. The van der Waals surface area contributed by atoms with Crippen LogP contribution >= 0.6 is 0 Å².